The third kappa shape index (κ3) is 3.88. The lowest BCUT2D eigenvalue weighted by Gasteiger charge is -2.11. The van der Waals surface area contributed by atoms with Crippen LogP contribution in [0.5, 0.6) is 5.75 Å². The predicted octanol–water partition coefficient (Wildman–Crippen LogP) is 3.94. The van der Waals surface area contributed by atoms with E-state index in [-0.39, 0.29) is 5.69 Å². The summed E-state index contributed by atoms with van der Waals surface area (Å²) in [4.78, 5) is 11.6. The summed E-state index contributed by atoms with van der Waals surface area (Å²) < 4.78 is 5.22. The molecule has 1 N–H and O–H groups in total. The fraction of sp³-hybridized carbons (Fsp3) is 0.200. The molecule has 0 aliphatic carbocycles. The van der Waals surface area contributed by atoms with Crippen LogP contribution in [0.15, 0.2) is 47.4 Å². The molecule has 2 rings (SSSR count). The van der Waals surface area contributed by atoms with Gasteiger partial charge >= 0.3 is 0 Å². The minimum atomic E-state index is -0.419. The Hall–Kier alpha value is -2.21. The average Bonchev–Trinajstić information content (AvgIpc) is 2.53. The van der Waals surface area contributed by atoms with E-state index in [1.807, 2.05) is 30.5 Å². The van der Waals surface area contributed by atoms with Gasteiger partial charge in [0.15, 0.2) is 0 Å². The van der Waals surface area contributed by atoms with Gasteiger partial charge < -0.3 is 10.1 Å². The van der Waals surface area contributed by atoms with Crippen LogP contribution in [0.4, 0.5) is 11.4 Å². The van der Waals surface area contributed by atoms with Gasteiger partial charge in [0.1, 0.15) is 5.75 Å². The number of hydrogen-bond donors (Lipinski definition) is 1. The number of nitrogens with zero attached hydrogens (tertiary/aromatic N) is 1. The fourth-order valence-corrected chi connectivity index (χ4v) is 2.30. The number of nitro groups is 1. The highest BCUT2D eigenvalue weighted by Gasteiger charge is 2.11. The van der Waals surface area contributed by atoms with E-state index in [2.05, 4.69) is 5.32 Å². The zero-order valence-electron chi connectivity index (χ0n) is 11.8. The summed E-state index contributed by atoms with van der Waals surface area (Å²) in [6.45, 7) is 0.576. The van der Waals surface area contributed by atoms with E-state index in [1.54, 1.807) is 24.9 Å². The summed E-state index contributed by atoms with van der Waals surface area (Å²) in [5, 5.41) is 14.0. The Morgan fingerprint density at radius 2 is 1.95 bits per heavy atom. The molecule has 0 saturated heterocycles. The zero-order chi connectivity index (χ0) is 15.2. The SMILES string of the molecule is COc1ccc([N+](=O)[O-])cc1NCc1ccc(SC)cc1. The Morgan fingerprint density at radius 1 is 1.24 bits per heavy atom. The molecular weight excluding hydrogens is 288 g/mol. The first kappa shape index (κ1) is 15.2. The molecule has 0 fully saturated rings. The lowest BCUT2D eigenvalue weighted by Crippen LogP contribution is -2.02. The van der Waals surface area contributed by atoms with Crippen LogP contribution in [-0.4, -0.2) is 18.3 Å². The van der Waals surface area contributed by atoms with E-state index in [0.717, 1.165) is 5.56 Å². The molecule has 2 aromatic carbocycles. The number of rotatable bonds is 6. The normalized spacial score (nSPS) is 10.2. The average molecular weight is 304 g/mol. The maximum atomic E-state index is 10.8. The van der Waals surface area contributed by atoms with Crippen molar-refractivity contribution in [1.29, 1.82) is 0 Å². The molecular formula is C15H16N2O3S. The number of ether oxygens (including phenoxy) is 1. The van der Waals surface area contributed by atoms with Gasteiger partial charge in [-0.1, -0.05) is 12.1 Å². The third-order valence-electron chi connectivity index (χ3n) is 3.04. The van der Waals surface area contributed by atoms with Gasteiger partial charge in [0.2, 0.25) is 0 Å². The standard InChI is InChI=1S/C15H16N2O3S/c1-20-15-8-5-12(17(18)19)9-14(15)16-10-11-3-6-13(21-2)7-4-11/h3-9,16H,10H2,1-2H3. The van der Waals surface area contributed by atoms with Crippen LogP contribution in [0.25, 0.3) is 0 Å². The van der Waals surface area contributed by atoms with Crippen molar-refractivity contribution in [2.75, 3.05) is 18.7 Å². The van der Waals surface area contributed by atoms with E-state index in [0.29, 0.717) is 18.0 Å². The van der Waals surface area contributed by atoms with Crippen LogP contribution in [0, 0.1) is 10.1 Å². The molecule has 0 bridgehead atoms. The molecule has 0 aromatic heterocycles. The summed E-state index contributed by atoms with van der Waals surface area (Å²) in [5.74, 6) is 0.585. The second-order valence-corrected chi connectivity index (χ2v) is 5.22. The largest absolute Gasteiger partial charge is 0.495 e. The summed E-state index contributed by atoms with van der Waals surface area (Å²) >= 11 is 1.69. The van der Waals surface area contributed by atoms with Gasteiger partial charge in [-0.2, -0.15) is 0 Å². The van der Waals surface area contributed by atoms with Gasteiger partial charge in [0, 0.05) is 23.6 Å². The van der Waals surface area contributed by atoms with E-state index in [1.165, 1.54) is 17.0 Å². The van der Waals surface area contributed by atoms with Crippen LogP contribution in [-0.2, 0) is 6.54 Å². The maximum Gasteiger partial charge on any atom is 0.271 e. The summed E-state index contributed by atoms with van der Waals surface area (Å²) in [6, 6.07) is 12.7. The Morgan fingerprint density at radius 3 is 2.52 bits per heavy atom. The van der Waals surface area contributed by atoms with Crippen molar-refractivity contribution in [3.63, 3.8) is 0 Å². The van der Waals surface area contributed by atoms with Gasteiger partial charge in [-0.15, -0.1) is 11.8 Å². The molecule has 0 radical (unpaired) electrons. The number of nitrogens with one attached hydrogen (secondary N) is 1. The molecule has 2 aromatic rings. The van der Waals surface area contributed by atoms with Crippen molar-refractivity contribution in [3.8, 4) is 5.75 Å². The molecule has 6 heteroatoms. The predicted molar refractivity (Wildman–Crippen MR) is 85.2 cm³/mol. The fourth-order valence-electron chi connectivity index (χ4n) is 1.89. The molecule has 0 unspecified atom stereocenters. The first-order chi connectivity index (χ1) is 10.1. The van der Waals surface area contributed by atoms with Crippen molar-refractivity contribution in [2.24, 2.45) is 0 Å². The second kappa shape index (κ2) is 6.99. The first-order valence-corrected chi connectivity index (χ1v) is 7.55. The minimum absolute atomic E-state index is 0.0380. The molecule has 0 aliphatic rings. The van der Waals surface area contributed by atoms with Crippen molar-refractivity contribution in [1.82, 2.24) is 0 Å². The monoisotopic (exact) mass is 304 g/mol. The van der Waals surface area contributed by atoms with Crippen LogP contribution in [0.2, 0.25) is 0 Å². The zero-order valence-corrected chi connectivity index (χ0v) is 12.6. The lowest BCUT2D eigenvalue weighted by atomic mass is 10.2. The molecule has 110 valence electrons. The number of hydrogen-bond acceptors (Lipinski definition) is 5. The van der Waals surface area contributed by atoms with Crippen molar-refractivity contribution in [2.45, 2.75) is 11.4 Å². The third-order valence-corrected chi connectivity index (χ3v) is 3.78. The number of benzene rings is 2. The molecule has 0 atom stereocenters. The minimum Gasteiger partial charge on any atom is -0.495 e. The molecule has 21 heavy (non-hydrogen) atoms. The number of non-ortho nitro benzene ring substituents is 1. The number of nitro benzene ring substituents is 1. The molecule has 5 nitrogen and oxygen atoms in total. The number of methoxy groups -OCH3 is 1. The summed E-state index contributed by atoms with van der Waals surface area (Å²) in [7, 11) is 1.54. The second-order valence-electron chi connectivity index (χ2n) is 4.34. The van der Waals surface area contributed by atoms with Gasteiger partial charge in [0.25, 0.3) is 5.69 Å². The topological polar surface area (TPSA) is 64.4 Å². The Bertz CT molecular complexity index is 629. The number of thioether (sulfide) groups is 1. The number of anilines is 1. The van der Waals surface area contributed by atoms with Crippen molar-refractivity contribution >= 4 is 23.1 Å². The summed E-state index contributed by atoms with van der Waals surface area (Å²) in [5.41, 5.74) is 1.75. The van der Waals surface area contributed by atoms with Crippen molar-refractivity contribution in [3.05, 3.63) is 58.1 Å². The molecule has 0 heterocycles. The Balaban J connectivity index is 2.13. The van der Waals surface area contributed by atoms with E-state index >= 15 is 0 Å². The smallest absolute Gasteiger partial charge is 0.271 e. The van der Waals surface area contributed by atoms with Gasteiger partial charge in [-0.05, 0) is 30.0 Å². The highest BCUT2D eigenvalue weighted by atomic mass is 32.2. The van der Waals surface area contributed by atoms with Crippen LogP contribution in [0.3, 0.4) is 0 Å². The van der Waals surface area contributed by atoms with Gasteiger partial charge in [-0.3, -0.25) is 10.1 Å². The Labute approximate surface area is 127 Å². The Kier molecular flexibility index (Phi) is 5.05. The molecule has 0 saturated carbocycles. The van der Waals surface area contributed by atoms with Crippen LogP contribution < -0.4 is 10.1 Å². The van der Waals surface area contributed by atoms with E-state index in [9.17, 15) is 10.1 Å². The highest BCUT2D eigenvalue weighted by molar-refractivity contribution is 7.98. The van der Waals surface area contributed by atoms with Gasteiger partial charge in [-0.25, -0.2) is 0 Å². The van der Waals surface area contributed by atoms with E-state index < -0.39 is 4.92 Å². The highest BCUT2D eigenvalue weighted by Crippen LogP contribution is 2.29. The lowest BCUT2D eigenvalue weighted by molar-refractivity contribution is -0.384. The first-order valence-electron chi connectivity index (χ1n) is 6.33. The summed E-state index contributed by atoms with van der Waals surface area (Å²) in [6.07, 6.45) is 2.03. The molecule has 0 spiro atoms. The maximum absolute atomic E-state index is 10.8. The van der Waals surface area contributed by atoms with Crippen LogP contribution in [0.1, 0.15) is 5.56 Å². The molecule has 0 aliphatic heterocycles. The molecule has 0 amide bonds. The van der Waals surface area contributed by atoms with Crippen LogP contribution >= 0.6 is 11.8 Å². The van der Waals surface area contributed by atoms with Crippen molar-refractivity contribution < 1.29 is 9.66 Å². The van der Waals surface area contributed by atoms with Gasteiger partial charge in [0.05, 0.1) is 17.7 Å². The van der Waals surface area contributed by atoms with E-state index in [4.69, 9.17) is 4.74 Å². The quantitative estimate of drug-likeness (QED) is 0.497.